The fourth-order valence-electron chi connectivity index (χ4n) is 6.45. The van der Waals surface area contributed by atoms with Crippen LogP contribution in [-0.2, 0) is 0 Å². The SMILES string of the molecule is CC(O)CNC(=O)c1noc(-c2cnc3[nH]ccc3c2N[C@H]2[C@@H]3CC4C[C@H]2C[C@@](O)(C4)C3)n1. The average molecular weight is 453 g/mol. The Hall–Kier alpha value is -2.98. The van der Waals surface area contributed by atoms with Crippen molar-refractivity contribution in [3.63, 3.8) is 0 Å². The largest absolute Gasteiger partial charge is 0.392 e. The molecule has 5 N–H and O–H groups in total. The van der Waals surface area contributed by atoms with Crippen LogP contribution in [0.1, 0.15) is 49.6 Å². The van der Waals surface area contributed by atoms with Crippen molar-refractivity contribution in [2.24, 2.45) is 17.8 Å². The van der Waals surface area contributed by atoms with Gasteiger partial charge in [0.2, 0.25) is 0 Å². The van der Waals surface area contributed by atoms with Gasteiger partial charge in [-0.05, 0) is 62.8 Å². The van der Waals surface area contributed by atoms with E-state index in [1.807, 2.05) is 12.3 Å². The molecule has 3 aromatic heterocycles. The number of aromatic nitrogens is 4. The second-order valence-corrected chi connectivity index (χ2v) is 10.1. The van der Waals surface area contributed by atoms with E-state index in [0.29, 0.717) is 23.3 Å². The third kappa shape index (κ3) is 3.57. The van der Waals surface area contributed by atoms with Crippen LogP contribution in [0, 0.1) is 17.8 Å². The molecule has 3 aromatic rings. The standard InChI is InChI=1S/C23H28N6O4/c1-11(30)9-26-21(31)20-28-22(33-29-20)16-10-25-19-15(2-3-24-19)18(16)27-17-13-4-12-5-14(17)8-23(32,6-12)7-13/h2-3,10-14,17,30,32H,4-9H2,1H3,(H,26,31)(H2,24,25,27)/t11?,12?,13-,14+,17+,23-. The van der Waals surface area contributed by atoms with Gasteiger partial charge in [-0.1, -0.05) is 5.16 Å². The number of pyridine rings is 1. The van der Waals surface area contributed by atoms with Crippen molar-refractivity contribution >= 4 is 22.6 Å². The molecule has 174 valence electrons. The van der Waals surface area contributed by atoms with E-state index >= 15 is 0 Å². The maximum atomic E-state index is 12.3. The predicted octanol–water partition coefficient (Wildman–Crippen LogP) is 2.08. The average Bonchev–Trinajstić information content (AvgIpc) is 3.43. The van der Waals surface area contributed by atoms with E-state index in [2.05, 4.69) is 30.7 Å². The molecule has 4 bridgehead atoms. The zero-order valence-electron chi connectivity index (χ0n) is 18.4. The van der Waals surface area contributed by atoms with E-state index in [1.54, 1.807) is 13.1 Å². The lowest BCUT2D eigenvalue weighted by Gasteiger charge is -2.58. The molecule has 3 heterocycles. The second-order valence-electron chi connectivity index (χ2n) is 10.1. The molecule has 10 heteroatoms. The molecule has 0 aromatic carbocycles. The summed E-state index contributed by atoms with van der Waals surface area (Å²) in [5, 5.41) is 31.5. The van der Waals surface area contributed by atoms with Crippen LogP contribution < -0.4 is 10.6 Å². The lowest BCUT2D eigenvalue weighted by Crippen LogP contribution is -2.59. The molecule has 1 amide bonds. The number of hydrogen-bond acceptors (Lipinski definition) is 8. The van der Waals surface area contributed by atoms with Gasteiger partial charge < -0.3 is 30.4 Å². The van der Waals surface area contributed by atoms with Gasteiger partial charge in [-0.3, -0.25) is 4.79 Å². The Bertz CT molecular complexity index is 1190. The third-order valence-corrected chi connectivity index (χ3v) is 7.56. The molecule has 4 fully saturated rings. The Morgan fingerprint density at radius 2 is 2.12 bits per heavy atom. The zero-order chi connectivity index (χ0) is 22.7. The van der Waals surface area contributed by atoms with Crippen LogP contribution in [0.3, 0.4) is 0 Å². The second kappa shape index (κ2) is 7.53. The first kappa shape index (κ1) is 20.6. The minimum Gasteiger partial charge on any atom is -0.392 e. The number of aliphatic hydroxyl groups excluding tert-OH is 1. The molecule has 4 aliphatic carbocycles. The number of carbonyl (C=O) groups excluding carboxylic acids is 1. The molecule has 6 atom stereocenters. The van der Waals surface area contributed by atoms with E-state index in [9.17, 15) is 15.0 Å². The summed E-state index contributed by atoms with van der Waals surface area (Å²) < 4.78 is 5.45. The van der Waals surface area contributed by atoms with Gasteiger partial charge in [0.1, 0.15) is 5.65 Å². The number of H-pyrrole nitrogens is 1. The quantitative estimate of drug-likeness (QED) is 0.382. The monoisotopic (exact) mass is 452 g/mol. The van der Waals surface area contributed by atoms with Gasteiger partial charge in [-0.15, -0.1) is 0 Å². The number of aliphatic hydroxyl groups is 2. The molecule has 4 saturated carbocycles. The number of hydrogen-bond donors (Lipinski definition) is 5. The Labute approximate surface area is 190 Å². The molecule has 33 heavy (non-hydrogen) atoms. The van der Waals surface area contributed by atoms with Crippen LogP contribution in [-0.4, -0.2) is 60.5 Å². The van der Waals surface area contributed by atoms with Crippen molar-refractivity contribution in [1.29, 1.82) is 0 Å². The number of aromatic amines is 1. The number of nitrogens with one attached hydrogen (secondary N) is 3. The molecular formula is C23H28N6O4. The predicted molar refractivity (Wildman–Crippen MR) is 119 cm³/mol. The van der Waals surface area contributed by atoms with Crippen molar-refractivity contribution in [3.8, 4) is 11.5 Å². The van der Waals surface area contributed by atoms with Crippen LogP contribution >= 0.6 is 0 Å². The van der Waals surface area contributed by atoms with Crippen LogP contribution in [0.25, 0.3) is 22.5 Å². The van der Waals surface area contributed by atoms with Crippen LogP contribution in [0.4, 0.5) is 5.69 Å². The van der Waals surface area contributed by atoms with E-state index in [-0.39, 0.29) is 24.3 Å². The van der Waals surface area contributed by atoms with Crippen LogP contribution in [0.5, 0.6) is 0 Å². The zero-order valence-corrected chi connectivity index (χ0v) is 18.4. The van der Waals surface area contributed by atoms with Crippen molar-refractivity contribution in [1.82, 2.24) is 25.4 Å². The van der Waals surface area contributed by atoms with E-state index < -0.39 is 17.6 Å². The summed E-state index contributed by atoms with van der Waals surface area (Å²) in [5.41, 5.74) is 1.74. The lowest BCUT2D eigenvalue weighted by atomic mass is 9.52. The highest BCUT2D eigenvalue weighted by Crippen LogP contribution is 2.56. The lowest BCUT2D eigenvalue weighted by molar-refractivity contribution is -0.129. The minimum atomic E-state index is -0.671. The number of nitrogens with zero attached hydrogens (tertiary/aromatic N) is 3. The van der Waals surface area contributed by atoms with Gasteiger partial charge in [0.15, 0.2) is 0 Å². The molecule has 2 unspecified atom stereocenters. The Morgan fingerprint density at radius 1 is 1.33 bits per heavy atom. The minimum absolute atomic E-state index is 0.0948. The fraction of sp³-hybridized carbons (Fsp3) is 0.565. The van der Waals surface area contributed by atoms with Crippen molar-refractivity contribution < 1.29 is 19.5 Å². The normalized spacial score (nSPS) is 31.1. The number of rotatable bonds is 6. The van der Waals surface area contributed by atoms with Crippen molar-refractivity contribution in [3.05, 3.63) is 24.3 Å². The summed E-state index contributed by atoms with van der Waals surface area (Å²) in [6.45, 7) is 1.69. The Kier molecular flexibility index (Phi) is 4.70. The van der Waals surface area contributed by atoms with Gasteiger partial charge in [0, 0.05) is 30.4 Å². The maximum absolute atomic E-state index is 12.3. The molecule has 7 rings (SSSR count). The molecule has 10 nitrogen and oxygen atoms in total. The van der Waals surface area contributed by atoms with Gasteiger partial charge >= 0.3 is 0 Å². The number of carbonyl (C=O) groups is 1. The summed E-state index contributed by atoms with van der Waals surface area (Å²) in [5.74, 6) is 1.06. The molecule has 0 saturated heterocycles. The summed E-state index contributed by atoms with van der Waals surface area (Å²) in [7, 11) is 0. The Balaban J connectivity index is 1.33. The van der Waals surface area contributed by atoms with Gasteiger partial charge in [-0.2, -0.15) is 4.98 Å². The Morgan fingerprint density at radius 3 is 2.85 bits per heavy atom. The summed E-state index contributed by atoms with van der Waals surface area (Å²) in [4.78, 5) is 24.2. The summed E-state index contributed by atoms with van der Waals surface area (Å²) >= 11 is 0. The number of fused-ring (bicyclic) bond motifs is 1. The first-order chi connectivity index (χ1) is 15.9. The first-order valence-electron chi connectivity index (χ1n) is 11.6. The van der Waals surface area contributed by atoms with Crippen molar-refractivity contribution in [2.45, 2.75) is 56.8 Å². The van der Waals surface area contributed by atoms with E-state index in [4.69, 9.17) is 4.52 Å². The molecule has 0 spiro atoms. The third-order valence-electron chi connectivity index (χ3n) is 7.56. The smallest absolute Gasteiger partial charge is 0.292 e. The highest BCUT2D eigenvalue weighted by molar-refractivity contribution is 5.97. The van der Waals surface area contributed by atoms with E-state index in [1.165, 1.54) is 0 Å². The van der Waals surface area contributed by atoms with Gasteiger partial charge in [-0.25, -0.2) is 4.98 Å². The van der Waals surface area contributed by atoms with E-state index in [0.717, 1.165) is 48.8 Å². The van der Waals surface area contributed by atoms with Gasteiger partial charge in [0.05, 0.1) is 23.0 Å². The molecule has 0 aliphatic heterocycles. The van der Waals surface area contributed by atoms with Crippen LogP contribution in [0.2, 0.25) is 0 Å². The molecular weight excluding hydrogens is 424 g/mol. The topological polar surface area (TPSA) is 149 Å². The van der Waals surface area contributed by atoms with Crippen molar-refractivity contribution in [2.75, 3.05) is 11.9 Å². The summed E-state index contributed by atoms with van der Waals surface area (Å²) in [6.07, 6.45) is 7.74. The highest BCUT2D eigenvalue weighted by Gasteiger charge is 2.54. The number of amides is 1. The van der Waals surface area contributed by atoms with Gasteiger partial charge in [0.25, 0.3) is 17.6 Å². The maximum Gasteiger partial charge on any atom is 0.292 e. The van der Waals surface area contributed by atoms with Crippen LogP contribution in [0.15, 0.2) is 23.0 Å². The number of anilines is 1. The highest BCUT2D eigenvalue weighted by atomic mass is 16.5. The molecule has 0 radical (unpaired) electrons. The summed E-state index contributed by atoms with van der Waals surface area (Å²) in [6, 6.07) is 2.21. The first-order valence-corrected chi connectivity index (χ1v) is 11.6. The fourth-order valence-corrected chi connectivity index (χ4v) is 6.45. The molecule has 4 aliphatic rings.